The van der Waals surface area contributed by atoms with Crippen molar-refractivity contribution in [2.75, 3.05) is 0 Å². The molecule has 0 heterocycles. The number of ketones is 1. The van der Waals surface area contributed by atoms with Crippen molar-refractivity contribution in [3.63, 3.8) is 0 Å². The Morgan fingerprint density at radius 3 is 2.40 bits per heavy atom. The number of carbonyl (C=O) groups excluding carboxylic acids is 1. The molecule has 1 saturated carbocycles. The molecule has 1 nitrogen and oxygen atoms in total. The van der Waals surface area contributed by atoms with Gasteiger partial charge in [0.2, 0.25) is 0 Å². The molecular formula is C8H12OS. The minimum absolute atomic E-state index is 0.304. The Bertz CT molecular complexity index is 178. The van der Waals surface area contributed by atoms with Crippen LogP contribution in [0.15, 0.2) is 10.5 Å². The Balaban J connectivity index is 2.75. The van der Waals surface area contributed by atoms with Crippen LogP contribution in [0.5, 0.6) is 0 Å². The molecule has 1 aliphatic carbocycles. The topological polar surface area (TPSA) is 17.1 Å². The van der Waals surface area contributed by atoms with Gasteiger partial charge in [0.25, 0.3) is 0 Å². The van der Waals surface area contributed by atoms with Crippen LogP contribution >= 0.6 is 12.6 Å². The van der Waals surface area contributed by atoms with E-state index < -0.39 is 0 Å². The number of thiol groups is 1. The molecule has 10 heavy (non-hydrogen) atoms. The van der Waals surface area contributed by atoms with Gasteiger partial charge in [-0.15, -0.1) is 12.6 Å². The molecule has 0 saturated heterocycles. The van der Waals surface area contributed by atoms with Crippen LogP contribution < -0.4 is 0 Å². The zero-order valence-corrected chi connectivity index (χ0v) is 7.08. The fourth-order valence-corrected chi connectivity index (χ4v) is 1.50. The third-order valence-corrected chi connectivity index (χ3v) is 2.12. The van der Waals surface area contributed by atoms with Crippen molar-refractivity contribution in [2.24, 2.45) is 0 Å². The van der Waals surface area contributed by atoms with Crippen LogP contribution in [0, 0.1) is 0 Å². The van der Waals surface area contributed by atoms with Crippen molar-refractivity contribution < 1.29 is 4.79 Å². The van der Waals surface area contributed by atoms with Crippen molar-refractivity contribution in [3.8, 4) is 0 Å². The second kappa shape index (κ2) is 3.24. The summed E-state index contributed by atoms with van der Waals surface area (Å²) in [6, 6.07) is 0. The van der Waals surface area contributed by atoms with Crippen LogP contribution in [0.25, 0.3) is 0 Å². The van der Waals surface area contributed by atoms with Gasteiger partial charge in [-0.1, -0.05) is 0 Å². The number of Topliss-reactive ketones (excluding diaryl/α,β-unsaturated/α-hetero) is 1. The van der Waals surface area contributed by atoms with Crippen molar-refractivity contribution in [3.05, 3.63) is 10.5 Å². The molecule has 0 radical (unpaired) electrons. The minimum atomic E-state index is 0.304. The smallest absolute Gasteiger partial charge is 0.159 e. The molecular weight excluding hydrogens is 144 g/mol. The van der Waals surface area contributed by atoms with Gasteiger partial charge in [0.05, 0.1) is 0 Å². The van der Waals surface area contributed by atoms with Crippen molar-refractivity contribution in [2.45, 2.75) is 32.6 Å². The summed E-state index contributed by atoms with van der Waals surface area (Å²) in [7, 11) is 0. The van der Waals surface area contributed by atoms with Gasteiger partial charge in [0.15, 0.2) is 5.78 Å². The maximum Gasteiger partial charge on any atom is 0.159 e. The zero-order valence-electron chi connectivity index (χ0n) is 6.18. The highest BCUT2D eigenvalue weighted by Crippen LogP contribution is 2.23. The quantitative estimate of drug-likeness (QED) is 0.421. The van der Waals surface area contributed by atoms with E-state index in [9.17, 15) is 4.79 Å². The number of carbonyl (C=O) groups is 1. The summed E-state index contributed by atoms with van der Waals surface area (Å²) in [5.74, 6) is 0.304. The lowest BCUT2D eigenvalue weighted by molar-refractivity contribution is -0.116. The van der Waals surface area contributed by atoms with Crippen LogP contribution in [0.3, 0.4) is 0 Å². The van der Waals surface area contributed by atoms with Gasteiger partial charge in [0, 0.05) is 12.0 Å². The Labute approximate surface area is 66.9 Å². The summed E-state index contributed by atoms with van der Waals surface area (Å²) in [5, 5.41) is 0. The second-order valence-corrected chi connectivity index (χ2v) is 3.37. The van der Waals surface area contributed by atoms with Gasteiger partial charge in [-0.2, -0.15) is 0 Å². The molecule has 2 heteroatoms. The molecule has 0 unspecified atom stereocenters. The highest BCUT2D eigenvalue weighted by atomic mass is 32.1. The molecule has 0 amide bonds. The third kappa shape index (κ3) is 1.63. The molecule has 0 bridgehead atoms. The van der Waals surface area contributed by atoms with E-state index in [1.165, 1.54) is 0 Å². The predicted molar refractivity (Wildman–Crippen MR) is 45.2 cm³/mol. The molecule has 0 aromatic heterocycles. The Hall–Kier alpha value is -0.240. The Kier molecular flexibility index (Phi) is 2.55. The molecule has 0 aromatic rings. The molecule has 0 atom stereocenters. The highest BCUT2D eigenvalue weighted by Gasteiger charge is 2.15. The molecule has 1 aliphatic rings. The van der Waals surface area contributed by atoms with E-state index in [4.69, 9.17) is 0 Å². The number of rotatable bonds is 0. The lowest BCUT2D eigenvalue weighted by Crippen LogP contribution is -2.08. The van der Waals surface area contributed by atoms with E-state index in [0.717, 1.165) is 36.2 Å². The molecule has 0 N–H and O–H groups in total. The van der Waals surface area contributed by atoms with Crippen molar-refractivity contribution >= 4 is 18.4 Å². The molecule has 56 valence electrons. The molecule has 0 aromatic carbocycles. The van der Waals surface area contributed by atoms with E-state index in [1.807, 2.05) is 6.92 Å². The van der Waals surface area contributed by atoms with E-state index >= 15 is 0 Å². The van der Waals surface area contributed by atoms with E-state index in [2.05, 4.69) is 12.6 Å². The first-order valence-corrected chi connectivity index (χ1v) is 4.08. The van der Waals surface area contributed by atoms with Crippen LogP contribution in [0.2, 0.25) is 0 Å². The first-order chi connectivity index (χ1) is 4.72. The van der Waals surface area contributed by atoms with Gasteiger partial charge in [0.1, 0.15) is 0 Å². The SMILES string of the molecule is C/C(S)=C1/CCCCC1=O. The molecule has 0 spiro atoms. The van der Waals surface area contributed by atoms with Crippen molar-refractivity contribution in [1.29, 1.82) is 0 Å². The van der Waals surface area contributed by atoms with Gasteiger partial charge in [-0.25, -0.2) is 0 Å². The third-order valence-electron chi connectivity index (χ3n) is 1.85. The minimum Gasteiger partial charge on any atom is -0.295 e. The van der Waals surface area contributed by atoms with E-state index in [-0.39, 0.29) is 0 Å². The molecule has 1 fully saturated rings. The first-order valence-electron chi connectivity index (χ1n) is 3.63. The van der Waals surface area contributed by atoms with Gasteiger partial charge >= 0.3 is 0 Å². The monoisotopic (exact) mass is 156 g/mol. The van der Waals surface area contributed by atoms with Gasteiger partial charge in [-0.3, -0.25) is 4.79 Å². The summed E-state index contributed by atoms with van der Waals surface area (Å²) in [4.78, 5) is 12.0. The zero-order chi connectivity index (χ0) is 7.56. The number of allylic oxidation sites excluding steroid dienone is 2. The summed E-state index contributed by atoms with van der Waals surface area (Å²) in [5.41, 5.74) is 0.953. The van der Waals surface area contributed by atoms with Gasteiger partial charge < -0.3 is 0 Å². The van der Waals surface area contributed by atoms with Crippen LogP contribution in [0.4, 0.5) is 0 Å². The fraction of sp³-hybridized carbons (Fsp3) is 0.625. The van der Waals surface area contributed by atoms with E-state index in [1.54, 1.807) is 0 Å². The average Bonchev–Trinajstić information content (AvgIpc) is 1.88. The Morgan fingerprint density at radius 2 is 2.00 bits per heavy atom. The largest absolute Gasteiger partial charge is 0.295 e. The normalized spacial score (nSPS) is 24.8. The van der Waals surface area contributed by atoms with Crippen LogP contribution in [-0.4, -0.2) is 5.78 Å². The van der Waals surface area contributed by atoms with Crippen LogP contribution in [0.1, 0.15) is 32.6 Å². The summed E-state index contributed by atoms with van der Waals surface area (Å²) in [6.07, 6.45) is 3.88. The fourth-order valence-electron chi connectivity index (χ4n) is 1.26. The first kappa shape index (κ1) is 7.86. The predicted octanol–water partition coefficient (Wildman–Crippen LogP) is 2.33. The molecule has 0 aliphatic heterocycles. The highest BCUT2D eigenvalue weighted by molar-refractivity contribution is 7.84. The summed E-state index contributed by atoms with van der Waals surface area (Å²) in [6.45, 7) is 1.89. The van der Waals surface area contributed by atoms with Crippen LogP contribution in [-0.2, 0) is 4.79 Å². The lowest BCUT2D eigenvalue weighted by atomic mass is 9.93. The number of hydrogen-bond acceptors (Lipinski definition) is 2. The maximum atomic E-state index is 11.1. The maximum absolute atomic E-state index is 11.1. The average molecular weight is 156 g/mol. The molecule has 1 rings (SSSR count). The number of hydrogen-bond donors (Lipinski definition) is 1. The van der Waals surface area contributed by atoms with E-state index in [0.29, 0.717) is 5.78 Å². The standard InChI is InChI=1S/C8H12OS/c1-6(10)7-4-2-3-5-8(7)9/h10H,2-5H2,1H3/b7-6+. The summed E-state index contributed by atoms with van der Waals surface area (Å²) < 4.78 is 0. The van der Waals surface area contributed by atoms with Gasteiger partial charge in [-0.05, 0) is 31.1 Å². The second-order valence-electron chi connectivity index (χ2n) is 2.69. The Morgan fingerprint density at radius 1 is 1.40 bits per heavy atom. The lowest BCUT2D eigenvalue weighted by Gasteiger charge is -2.13. The van der Waals surface area contributed by atoms with Crippen molar-refractivity contribution in [1.82, 2.24) is 0 Å². The summed E-state index contributed by atoms with van der Waals surface area (Å²) >= 11 is 4.16.